The van der Waals surface area contributed by atoms with Crippen LogP contribution in [0.5, 0.6) is 17.2 Å². The zero-order valence-electron chi connectivity index (χ0n) is 10.2. The van der Waals surface area contributed by atoms with E-state index in [2.05, 4.69) is 20.8 Å². The number of hydrogen-bond donors (Lipinski definition) is 3. The number of fused-ring (bicyclic) bond motifs is 1. The molecule has 3 heteroatoms. The average molecular weight is 232 g/mol. The zero-order chi connectivity index (χ0) is 12.8. The van der Waals surface area contributed by atoms with Crippen LogP contribution in [0.3, 0.4) is 0 Å². The lowest BCUT2D eigenvalue weighted by Crippen LogP contribution is -2.11. The van der Waals surface area contributed by atoms with Crippen molar-refractivity contribution in [3.63, 3.8) is 0 Å². The maximum Gasteiger partial charge on any atom is 0.200 e. The summed E-state index contributed by atoms with van der Waals surface area (Å²) in [6.07, 6.45) is 0. The Hall–Kier alpha value is -1.90. The molecule has 0 aliphatic heterocycles. The Morgan fingerprint density at radius 2 is 1.53 bits per heavy atom. The van der Waals surface area contributed by atoms with Crippen molar-refractivity contribution in [3.8, 4) is 17.2 Å². The maximum absolute atomic E-state index is 9.82. The van der Waals surface area contributed by atoms with E-state index >= 15 is 0 Å². The highest BCUT2D eigenvalue weighted by Gasteiger charge is 2.20. The van der Waals surface area contributed by atoms with Crippen molar-refractivity contribution < 1.29 is 15.3 Å². The van der Waals surface area contributed by atoms with Gasteiger partial charge in [-0.05, 0) is 22.4 Å². The van der Waals surface area contributed by atoms with Crippen molar-refractivity contribution in [1.29, 1.82) is 0 Å². The lowest BCUT2D eigenvalue weighted by Gasteiger charge is -2.21. The van der Waals surface area contributed by atoms with Gasteiger partial charge in [-0.25, -0.2) is 0 Å². The van der Waals surface area contributed by atoms with Gasteiger partial charge in [0.15, 0.2) is 11.5 Å². The molecule has 17 heavy (non-hydrogen) atoms. The molecule has 0 aliphatic carbocycles. The number of phenols is 3. The molecule has 0 amide bonds. The first kappa shape index (κ1) is 11.6. The summed E-state index contributed by atoms with van der Waals surface area (Å²) < 4.78 is 0. The van der Waals surface area contributed by atoms with Gasteiger partial charge >= 0.3 is 0 Å². The highest BCUT2D eigenvalue weighted by Crippen LogP contribution is 2.43. The quantitative estimate of drug-likeness (QED) is 0.611. The standard InChI is InChI=1S/C14H16O3/c1-14(2,3)10-6-4-5-8-9(10)7-11(15)13(17)12(8)16/h4-7,15-17H,1-3H3. The molecular weight excluding hydrogens is 216 g/mol. The summed E-state index contributed by atoms with van der Waals surface area (Å²) in [6, 6.07) is 7.00. The van der Waals surface area contributed by atoms with E-state index in [9.17, 15) is 15.3 Å². The summed E-state index contributed by atoms with van der Waals surface area (Å²) in [4.78, 5) is 0. The predicted molar refractivity (Wildman–Crippen MR) is 67.6 cm³/mol. The molecule has 0 saturated heterocycles. The SMILES string of the molecule is CC(C)(C)c1cccc2c(O)c(O)c(O)cc12. The minimum atomic E-state index is -0.469. The molecule has 3 N–H and O–H groups in total. The van der Waals surface area contributed by atoms with Crippen molar-refractivity contribution in [3.05, 3.63) is 29.8 Å². The number of rotatable bonds is 0. The first-order chi connectivity index (χ1) is 7.82. The van der Waals surface area contributed by atoms with Gasteiger partial charge in [-0.1, -0.05) is 39.0 Å². The second-order valence-corrected chi connectivity index (χ2v) is 5.24. The average Bonchev–Trinajstić information content (AvgIpc) is 2.24. The minimum absolute atomic E-state index is 0.102. The van der Waals surface area contributed by atoms with Crippen LogP contribution >= 0.6 is 0 Å². The van der Waals surface area contributed by atoms with Crippen molar-refractivity contribution in [2.45, 2.75) is 26.2 Å². The van der Waals surface area contributed by atoms with Crippen molar-refractivity contribution >= 4 is 10.8 Å². The van der Waals surface area contributed by atoms with Crippen LogP contribution < -0.4 is 0 Å². The van der Waals surface area contributed by atoms with Gasteiger partial charge < -0.3 is 15.3 Å². The second kappa shape index (κ2) is 3.55. The Bertz CT molecular complexity index is 580. The highest BCUT2D eigenvalue weighted by molar-refractivity contribution is 5.95. The molecule has 0 unspecified atom stereocenters. The Morgan fingerprint density at radius 1 is 0.882 bits per heavy atom. The molecule has 0 radical (unpaired) electrons. The summed E-state index contributed by atoms with van der Waals surface area (Å²) in [7, 11) is 0. The zero-order valence-corrected chi connectivity index (χ0v) is 10.2. The number of hydrogen-bond acceptors (Lipinski definition) is 3. The third-order valence-electron chi connectivity index (χ3n) is 2.92. The van der Waals surface area contributed by atoms with E-state index in [4.69, 9.17) is 0 Å². The molecule has 90 valence electrons. The summed E-state index contributed by atoms with van der Waals surface area (Å²) in [6.45, 7) is 6.17. The van der Waals surface area contributed by atoms with Gasteiger partial charge in [0.2, 0.25) is 5.75 Å². The van der Waals surface area contributed by atoms with E-state index in [1.807, 2.05) is 12.1 Å². The van der Waals surface area contributed by atoms with Gasteiger partial charge in [0.05, 0.1) is 0 Å². The number of phenolic OH excluding ortho intramolecular Hbond substituents is 3. The monoisotopic (exact) mass is 232 g/mol. The van der Waals surface area contributed by atoms with Crippen LogP contribution in [0.15, 0.2) is 24.3 Å². The largest absolute Gasteiger partial charge is 0.504 e. The van der Waals surface area contributed by atoms with Crippen molar-refractivity contribution in [2.75, 3.05) is 0 Å². The highest BCUT2D eigenvalue weighted by atomic mass is 16.3. The Morgan fingerprint density at radius 3 is 2.12 bits per heavy atom. The summed E-state index contributed by atoms with van der Waals surface area (Å²) in [5.41, 5.74) is 0.913. The molecule has 0 heterocycles. The van der Waals surface area contributed by atoms with Crippen LogP contribution in [0.25, 0.3) is 10.8 Å². The van der Waals surface area contributed by atoms with Crippen LogP contribution in [0.4, 0.5) is 0 Å². The van der Waals surface area contributed by atoms with Gasteiger partial charge in [0, 0.05) is 5.39 Å². The molecule has 0 bridgehead atoms. The number of aromatic hydroxyl groups is 3. The van der Waals surface area contributed by atoms with Gasteiger partial charge in [0.25, 0.3) is 0 Å². The summed E-state index contributed by atoms with van der Waals surface area (Å²) >= 11 is 0. The molecule has 0 atom stereocenters. The predicted octanol–water partition coefficient (Wildman–Crippen LogP) is 3.25. The van der Waals surface area contributed by atoms with Crippen molar-refractivity contribution in [1.82, 2.24) is 0 Å². The van der Waals surface area contributed by atoms with Crippen LogP contribution in [0.1, 0.15) is 26.3 Å². The molecule has 0 aromatic heterocycles. The molecule has 0 aliphatic rings. The molecule has 0 spiro atoms. The number of benzene rings is 2. The van der Waals surface area contributed by atoms with E-state index in [0.29, 0.717) is 5.39 Å². The third kappa shape index (κ3) is 1.78. The molecule has 0 saturated carbocycles. The second-order valence-electron chi connectivity index (χ2n) is 5.24. The Kier molecular flexibility index (Phi) is 2.42. The topological polar surface area (TPSA) is 60.7 Å². The van der Waals surface area contributed by atoms with Crippen LogP contribution in [-0.4, -0.2) is 15.3 Å². The van der Waals surface area contributed by atoms with Crippen LogP contribution in [0, 0.1) is 0 Å². The van der Waals surface area contributed by atoms with E-state index in [-0.39, 0.29) is 16.9 Å². The van der Waals surface area contributed by atoms with Gasteiger partial charge in [0.1, 0.15) is 0 Å². The minimum Gasteiger partial charge on any atom is -0.504 e. The smallest absolute Gasteiger partial charge is 0.200 e. The van der Waals surface area contributed by atoms with Crippen LogP contribution in [0.2, 0.25) is 0 Å². The van der Waals surface area contributed by atoms with Gasteiger partial charge in [-0.2, -0.15) is 0 Å². The van der Waals surface area contributed by atoms with E-state index in [1.54, 1.807) is 6.07 Å². The lowest BCUT2D eigenvalue weighted by molar-refractivity contribution is 0.371. The first-order valence-corrected chi connectivity index (χ1v) is 5.49. The lowest BCUT2D eigenvalue weighted by atomic mass is 9.83. The summed E-state index contributed by atoms with van der Waals surface area (Å²) in [5, 5.41) is 30.2. The molecule has 3 nitrogen and oxygen atoms in total. The fourth-order valence-electron chi connectivity index (χ4n) is 2.04. The molecule has 2 rings (SSSR count). The van der Waals surface area contributed by atoms with E-state index in [1.165, 1.54) is 6.07 Å². The van der Waals surface area contributed by atoms with Crippen molar-refractivity contribution in [2.24, 2.45) is 0 Å². The van der Waals surface area contributed by atoms with E-state index in [0.717, 1.165) is 10.9 Å². The molecule has 2 aromatic rings. The molecule has 2 aromatic carbocycles. The first-order valence-electron chi connectivity index (χ1n) is 5.49. The van der Waals surface area contributed by atoms with Gasteiger partial charge in [-0.15, -0.1) is 0 Å². The van der Waals surface area contributed by atoms with E-state index < -0.39 is 5.75 Å². The fraction of sp³-hybridized carbons (Fsp3) is 0.286. The fourth-order valence-corrected chi connectivity index (χ4v) is 2.04. The Labute approximate surface area is 100.0 Å². The third-order valence-corrected chi connectivity index (χ3v) is 2.92. The normalized spacial score (nSPS) is 11.9. The van der Waals surface area contributed by atoms with Crippen LogP contribution in [-0.2, 0) is 5.41 Å². The Balaban J connectivity index is 2.92. The maximum atomic E-state index is 9.82. The summed E-state index contributed by atoms with van der Waals surface area (Å²) in [5.74, 6) is -1.04. The van der Waals surface area contributed by atoms with Gasteiger partial charge in [-0.3, -0.25) is 0 Å². The molecule has 0 fully saturated rings. The molecular formula is C14H16O3.